The van der Waals surface area contributed by atoms with Gasteiger partial charge in [0.05, 0.1) is 17.5 Å². The Balaban J connectivity index is 1.51. The van der Waals surface area contributed by atoms with Crippen LogP contribution >= 0.6 is 0 Å². The SMILES string of the molecule is OC12CC3CC(C1)C(Nc1c(F)cnc4[nH]ccc14)C(C3)C2. The third-order valence-electron chi connectivity index (χ3n) is 6.09. The number of halogens is 1. The molecule has 2 unspecified atom stereocenters. The van der Waals surface area contributed by atoms with Gasteiger partial charge in [-0.25, -0.2) is 9.37 Å². The van der Waals surface area contributed by atoms with Gasteiger partial charge in [0.15, 0.2) is 5.82 Å². The summed E-state index contributed by atoms with van der Waals surface area (Å²) in [6.07, 6.45) is 8.10. The Bertz CT molecular complexity index is 727. The second kappa shape index (κ2) is 4.22. The minimum absolute atomic E-state index is 0.270. The van der Waals surface area contributed by atoms with E-state index in [-0.39, 0.29) is 11.9 Å². The molecule has 4 aliphatic rings. The van der Waals surface area contributed by atoms with E-state index in [0.29, 0.717) is 29.1 Å². The number of aromatic amines is 1. The van der Waals surface area contributed by atoms with E-state index in [9.17, 15) is 9.50 Å². The number of H-pyrrole nitrogens is 1. The van der Waals surface area contributed by atoms with E-state index in [2.05, 4.69) is 15.3 Å². The fourth-order valence-corrected chi connectivity index (χ4v) is 5.51. The molecule has 4 nitrogen and oxygen atoms in total. The zero-order valence-corrected chi connectivity index (χ0v) is 12.3. The molecule has 0 amide bonds. The van der Waals surface area contributed by atoms with E-state index in [0.717, 1.165) is 24.6 Å². The highest BCUT2D eigenvalue weighted by Gasteiger charge is 2.54. The summed E-state index contributed by atoms with van der Waals surface area (Å²) >= 11 is 0. The molecule has 4 saturated carbocycles. The lowest BCUT2D eigenvalue weighted by molar-refractivity contribution is -0.129. The van der Waals surface area contributed by atoms with Crippen LogP contribution in [0.2, 0.25) is 0 Å². The van der Waals surface area contributed by atoms with Crippen molar-refractivity contribution < 1.29 is 9.50 Å². The van der Waals surface area contributed by atoms with E-state index >= 15 is 0 Å². The van der Waals surface area contributed by atoms with Gasteiger partial charge in [0.25, 0.3) is 0 Å². The van der Waals surface area contributed by atoms with Crippen molar-refractivity contribution >= 4 is 16.7 Å². The van der Waals surface area contributed by atoms with Gasteiger partial charge in [-0.3, -0.25) is 0 Å². The fourth-order valence-electron chi connectivity index (χ4n) is 5.51. The molecule has 0 aliphatic heterocycles. The molecule has 2 atom stereocenters. The number of anilines is 1. The second-order valence-corrected chi connectivity index (χ2v) is 7.59. The average molecular weight is 301 g/mol. The first-order valence-corrected chi connectivity index (χ1v) is 8.22. The van der Waals surface area contributed by atoms with Crippen LogP contribution in [0.25, 0.3) is 11.0 Å². The van der Waals surface area contributed by atoms with Crippen LogP contribution in [0.1, 0.15) is 32.1 Å². The van der Waals surface area contributed by atoms with Gasteiger partial charge in [0.1, 0.15) is 5.65 Å². The van der Waals surface area contributed by atoms with Crippen LogP contribution in [0.5, 0.6) is 0 Å². The van der Waals surface area contributed by atoms with Crippen molar-refractivity contribution in [3.05, 3.63) is 24.3 Å². The summed E-state index contributed by atoms with van der Waals surface area (Å²) in [7, 11) is 0. The molecule has 0 saturated heterocycles. The standard InChI is InChI=1S/C17H20FN3O/c18-13-8-20-16-12(1-2-19-16)15(13)21-14-10-3-9-4-11(14)7-17(22,5-9)6-10/h1-2,8-11,14,22H,3-7H2,(H2,19,20,21). The van der Waals surface area contributed by atoms with Gasteiger partial charge in [0.2, 0.25) is 0 Å². The van der Waals surface area contributed by atoms with E-state index in [4.69, 9.17) is 0 Å². The summed E-state index contributed by atoms with van der Waals surface area (Å²) in [6, 6.07) is 2.14. The van der Waals surface area contributed by atoms with Crippen LogP contribution in [-0.2, 0) is 0 Å². The number of nitrogens with one attached hydrogen (secondary N) is 2. The minimum Gasteiger partial charge on any atom is -0.390 e. The molecule has 4 bridgehead atoms. The second-order valence-electron chi connectivity index (χ2n) is 7.59. The maximum absolute atomic E-state index is 14.3. The summed E-state index contributed by atoms with van der Waals surface area (Å²) in [4.78, 5) is 7.12. The van der Waals surface area contributed by atoms with Crippen LogP contribution in [0, 0.1) is 23.6 Å². The zero-order chi connectivity index (χ0) is 14.9. The smallest absolute Gasteiger partial charge is 0.165 e. The van der Waals surface area contributed by atoms with Crippen molar-refractivity contribution in [3.8, 4) is 0 Å². The number of hydrogen-bond acceptors (Lipinski definition) is 3. The molecule has 22 heavy (non-hydrogen) atoms. The Morgan fingerprint density at radius 3 is 2.77 bits per heavy atom. The highest BCUT2D eigenvalue weighted by atomic mass is 19.1. The lowest BCUT2D eigenvalue weighted by Gasteiger charge is -2.58. The molecule has 5 heteroatoms. The molecule has 0 radical (unpaired) electrons. The van der Waals surface area contributed by atoms with Gasteiger partial charge < -0.3 is 15.4 Å². The highest BCUT2D eigenvalue weighted by Crippen LogP contribution is 2.56. The number of hydrogen-bond donors (Lipinski definition) is 3. The fraction of sp³-hybridized carbons (Fsp3) is 0.588. The first-order chi connectivity index (χ1) is 10.6. The number of pyridine rings is 1. The van der Waals surface area contributed by atoms with Gasteiger partial charge in [-0.05, 0) is 55.9 Å². The van der Waals surface area contributed by atoms with Crippen LogP contribution < -0.4 is 5.32 Å². The predicted molar refractivity (Wildman–Crippen MR) is 82.0 cm³/mol. The monoisotopic (exact) mass is 301 g/mol. The zero-order valence-electron chi connectivity index (χ0n) is 12.3. The van der Waals surface area contributed by atoms with E-state index in [1.807, 2.05) is 6.07 Å². The number of aromatic nitrogens is 2. The molecule has 3 N–H and O–H groups in total. The van der Waals surface area contributed by atoms with Crippen LogP contribution in [-0.4, -0.2) is 26.7 Å². The molecule has 2 aromatic heterocycles. The Morgan fingerprint density at radius 2 is 2.05 bits per heavy atom. The van der Waals surface area contributed by atoms with Gasteiger partial charge in [0, 0.05) is 17.6 Å². The molecule has 2 aromatic rings. The largest absolute Gasteiger partial charge is 0.390 e. The predicted octanol–water partition coefficient (Wildman–Crippen LogP) is 3.05. The van der Waals surface area contributed by atoms with Crippen molar-refractivity contribution in [1.29, 1.82) is 0 Å². The van der Waals surface area contributed by atoms with Crippen molar-refractivity contribution in [2.24, 2.45) is 17.8 Å². The summed E-state index contributed by atoms with van der Waals surface area (Å²) in [5, 5.41) is 15.0. The van der Waals surface area contributed by atoms with Crippen molar-refractivity contribution in [3.63, 3.8) is 0 Å². The Kier molecular flexibility index (Phi) is 2.47. The van der Waals surface area contributed by atoms with Gasteiger partial charge in [-0.1, -0.05) is 0 Å². The third kappa shape index (κ3) is 1.75. The summed E-state index contributed by atoms with van der Waals surface area (Å²) < 4.78 is 14.3. The molecule has 116 valence electrons. The van der Waals surface area contributed by atoms with Gasteiger partial charge in [-0.2, -0.15) is 0 Å². The van der Waals surface area contributed by atoms with E-state index in [1.54, 1.807) is 6.20 Å². The summed E-state index contributed by atoms with van der Waals surface area (Å²) in [6.45, 7) is 0. The van der Waals surface area contributed by atoms with Gasteiger partial charge in [-0.15, -0.1) is 0 Å². The maximum atomic E-state index is 14.3. The first-order valence-electron chi connectivity index (χ1n) is 8.22. The Labute approximate surface area is 128 Å². The first kappa shape index (κ1) is 12.9. The van der Waals surface area contributed by atoms with E-state index in [1.165, 1.54) is 19.0 Å². The van der Waals surface area contributed by atoms with E-state index < -0.39 is 5.60 Å². The topological polar surface area (TPSA) is 60.9 Å². The molecular formula is C17H20FN3O. The lowest BCUT2D eigenvalue weighted by atomic mass is 9.52. The quantitative estimate of drug-likeness (QED) is 0.799. The Morgan fingerprint density at radius 1 is 1.27 bits per heavy atom. The molecule has 0 spiro atoms. The van der Waals surface area contributed by atoms with Crippen LogP contribution in [0.3, 0.4) is 0 Å². The van der Waals surface area contributed by atoms with Crippen LogP contribution in [0.15, 0.2) is 18.5 Å². The number of aliphatic hydroxyl groups is 1. The number of nitrogens with zero attached hydrogens (tertiary/aromatic N) is 1. The molecule has 0 aromatic carbocycles. The maximum Gasteiger partial charge on any atom is 0.165 e. The van der Waals surface area contributed by atoms with Crippen molar-refractivity contribution in [1.82, 2.24) is 9.97 Å². The lowest BCUT2D eigenvalue weighted by Crippen LogP contribution is -2.59. The summed E-state index contributed by atoms with van der Waals surface area (Å²) in [5.41, 5.74) is 0.830. The number of rotatable bonds is 2. The number of fused-ring (bicyclic) bond motifs is 1. The summed E-state index contributed by atoms with van der Waals surface area (Å²) in [5.74, 6) is 1.28. The van der Waals surface area contributed by atoms with Crippen molar-refractivity contribution in [2.45, 2.75) is 43.7 Å². The van der Waals surface area contributed by atoms with Gasteiger partial charge >= 0.3 is 0 Å². The molecule has 4 fully saturated rings. The Hall–Kier alpha value is -1.62. The highest BCUT2D eigenvalue weighted by molar-refractivity contribution is 5.89. The molecular weight excluding hydrogens is 281 g/mol. The average Bonchev–Trinajstić information content (AvgIpc) is 2.91. The normalized spacial score (nSPS) is 39.5. The third-order valence-corrected chi connectivity index (χ3v) is 6.09. The van der Waals surface area contributed by atoms with Crippen LogP contribution in [0.4, 0.5) is 10.1 Å². The minimum atomic E-state index is -0.450. The molecule has 2 heterocycles. The molecule has 6 rings (SSSR count). The molecule has 4 aliphatic carbocycles. The van der Waals surface area contributed by atoms with Crippen molar-refractivity contribution in [2.75, 3.05) is 5.32 Å².